The molecule has 318 valence electrons. The summed E-state index contributed by atoms with van der Waals surface area (Å²) < 4.78 is 10.6. The monoisotopic (exact) mass is 748 g/mol. The average Bonchev–Trinajstić information content (AvgIpc) is 3.45. The fraction of sp³-hybridized carbons (Fsp3) is 1.00. The molecule has 0 bridgehead atoms. The highest BCUT2D eigenvalue weighted by Crippen LogP contribution is 2.44. The third-order valence-electron chi connectivity index (χ3n) is 13.9. The van der Waals surface area contributed by atoms with Gasteiger partial charge in [0, 0.05) is 26.4 Å². The second-order valence-corrected chi connectivity index (χ2v) is 24.6. The van der Waals surface area contributed by atoms with Gasteiger partial charge >= 0.3 is 0 Å². The Bertz CT molecular complexity index is 841. The lowest BCUT2D eigenvalue weighted by Gasteiger charge is -2.37. The summed E-state index contributed by atoms with van der Waals surface area (Å²) in [6.07, 6.45) is 19.8. The van der Waals surface area contributed by atoms with Crippen LogP contribution in [-0.4, -0.2) is 39.5 Å². The molecule has 0 radical (unpaired) electrons. The Morgan fingerprint density at radius 2 is 0.585 bits per heavy atom. The number of piperidine rings is 1. The van der Waals surface area contributed by atoms with Crippen molar-refractivity contribution in [1.29, 1.82) is 0 Å². The summed E-state index contributed by atoms with van der Waals surface area (Å²) in [6.45, 7) is 48.3. The maximum absolute atomic E-state index is 5.29. The molecule has 1 unspecified atom stereocenters. The molecule has 0 spiro atoms. The van der Waals surface area contributed by atoms with Crippen molar-refractivity contribution >= 4 is 0 Å². The predicted molar refractivity (Wildman–Crippen MR) is 237 cm³/mol. The summed E-state index contributed by atoms with van der Waals surface area (Å²) in [5.41, 5.74) is 3.26. The van der Waals surface area contributed by atoms with Crippen molar-refractivity contribution < 1.29 is 9.47 Å². The zero-order valence-electron chi connectivity index (χ0n) is 39.9. The van der Waals surface area contributed by atoms with E-state index in [1.165, 1.54) is 103 Å². The van der Waals surface area contributed by atoms with Crippen LogP contribution >= 0.6 is 0 Å². The predicted octanol–water partition coefficient (Wildman–Crippen LogP) is 15.1. The van der Waals surface area contributed by atoms with Gasteiger partial charge < -0.3 is 14.8 Å². The maximum atomic E-state index is 5.29. The standard InChI is InChI=1S/C9H19N.C9H18O.C9H18.C8H16O.C8H16.C7H14/c2*1-9(2,3)8-4-6-10-7-5-8;1-9(2,3)8-6-4-5-7-8;1-8(2,3)7-4-5-9-6-7;1-8(2,3)7-5-4-6-7;1-7(2,3)6-4-5-6/h8,10H,4-7H2,1-3H3;8H,4-7H2,1-3H3;8H,4-7H2,1-3H3;7H,4-6H2,1-3H3;7H,4-6H2,1-3H3;6H,4-5H2,1-3H3. The Hall–Kier alpha value is -0.120. The van der Waals surface area contributed by atoms with E-state index < -0.39 is 0 Å². The van der Waals surface area contributed by atoms with Gasteiger partial charge in [0.1, 0.15) is 0 Å². The second kappa shape index (κ2) is 22.7. The van der Waals surface area contributed by atoms with Crippen LogP contribution in [0.15, 0.2) is 0 Å². The first-order valence-corrected chi connectivity index (χ1v) is 23.0. The molecule has 6 rings (SSSR count). The molecule has 0 aromatic rings. The molecule has 3 heteroatoms. The Labute approximate surface area is 335 Å². The van der Waals surface area contributed by atoms with Crippen LogP contribution in [0.4, 0.5) is 0 Å². The second-order valence-electron chi connectivity index (χ2n) is 24.6. The molecule has 3 aliphatic carbocycles. The van der Waals surface area contributed by atoms with Crippen LogP contribution < -0.4 is 5.32 Å². The van der Waals surface area contributed by atoms with Crippen LogP contribution in [0.5, 0.6) is 0 Å². The summed E-state index contributed by atoms with van der Waals surface area (Å²) in [7, 11) is 0. The first-order valence-electron chi connectivity index (χ1n) is 23.0. The molecule has 0 aromatic heterocycles. The van der Waals surface area contributed by atoms with E-state index in [1.807, 2.05) is 0 Å². The molecule has 3 aliphatic heterocycles. The van der Waals surface area contributed by atoms with Gasteiger partial charge in [-0.2, -0.15) is 0 Å². The van der Waals surface area contributed by atoms with E-state index >= 15 is 0 Å². The quantitative estimate of drug-likeness (QED) is 0.268. The molecule has 0 aromatic carbocycles. The molecule has 3 nitrogen and oxygen atoms in total. The van der Waals surface area contributed by atoms with Gasteiger partial charge in [-0.05, 0) is 152 Å². The minimum absolute atomic E-state index is 0.455. The summed E-state index contributed by atoms with van der Waals surface area (Å²) >= 11 is 0. The lowest BCUT2D eigenvalue weighted by molar-refractivity contribution is 0.0286. The van der Waals surface area contributed by atoms with Crippen molar-refractivity contribution in [2.75, 3.05) is 39.5 Å². The van der Waals surface area contributed by atoms with Gasteiger partial charge in [-0.1, -0.05) is 144 Å². The molecule has 1 atom stereocenters. The van der Waals surface area contributed by atoms with Crippen molar-refractivity contribution in [3.8, 4) is 0 Å². The summed E-state index contributed by atoms with van der Waals surface area (Å²) in [4.78, 5) is 0. The lowest BCUT2D eigenvalue weighted by atomic mass is 9.69. The highest BCUT2D eigenvalue weighted by atomic mass is 16.5. The van der Waals surface area contributed by atoms with Crippen LogP contribution in [0.3, 0.4) is 0 Å². The van der Waals surface area contributed by atoms with Gasteiger partial charge in [-0.15, -0.1) is 0 Å². The highest BCUT2D eigenvalue weighted by Gasteiger charge is 2.33. The van der Waals surface area contributed by atoms with Gasteiger partial charge in [0.05, 0.1) is 0 Å². The average molecular weight is 748 g/mol. The molecular formula is C50H101NO2. The topological polar surface area (TPSA) is 30.5 Å². The molecule has 6 fully saturated rings. The number of nitrogens with one attached hydrogen (secondary N) is 1. The molecule has 0 amide bonds. The minimum atomic E-state index is 0.455. The van der Waals surface area contributed by atoms with Gasteiger partial charge in [0.25, 0.3) is 0 Å². The lowest BCUT2D eigenvalue weighted by Crippen LogP contribution is -2.34. The van der Waals surface area contributed by atoms with Crippen LogP contribution in [0.1, 0.15) is 215 Å². The number of ether oxygens (including phenoxy) is 2. The number of rotatable bonds is 0. The zero-order chi connectivity index (χ0) is 40.7. The van der Waals surface area contributed by atoms with E-state index in [0.717, 1.165) is 61.9 Å². The number of hydrogen-bond acceptors (Lipinski definition) is 3. The Morgan fingerprint density at radius 1 is 0.302 bits per heavy atom. The van der Waals surface area contributed by atoms with Gasteiger partial charge in [0.2, 0.25) is 0 Å². The van der Waals surface area contributed by atoms with E-state index in [4.69, 9.17) is 9.47 Å². The summed E-state index contributed by atoms with van der Waals surface area (Å²) in [5.74, 6) is 5.69. The van der Waals surface area contributed by atoms with E-state index in [2.05, 4.69) is 130 Å². The van der Waals surface area contributed by atoms with E-state index in [9.17, 15) is 0 Å². The molecular weight excluding hydrogens is 647 g/mol. The van der Waals surface area contributed by atoms with Crippen LogP contribution in [0, 0.1) is 68.0 Å². The number of hydrogen-bond donors (Lipinski definition) is 1. The van der Waals surface area contributed by atoms with Crippen molar-refractivity contribution in [2.45, 2.75) is 215 Å². The molecule has 3 heterocycles. The van der Waals surface area contributed by atoms with Crippen LogP contribution in [0.25, 0.3) is 0 Å². The third-order valence-corrected chi connectivity index (χ3v) is 13.9. The van der Waals surface area contributed by atoms with Crippen molar-refractivity contribution in [2.24, 2.45) is 68.0 Å². The zero-order valence-corrected chi connectivity index (χ0v) is 39.9. The Balaban J connectivity index is 0.000000319. The summed E-state index contributed by atoms with van der Waals surface area (Å²) in [5, 5.41) is 3.39. The molecule has 3 saturated carbocycles. The Morgan fingerprint density at radius 3 is 0.774 bits per heavy atom. The normalized spacial score (nSPS) is 24.0. The van der Waals surface area contributed by atoms with E-state index in [0.29, 0.717) is 32.5 Å². The van der Waals surface area contributed by atoms with Crippen LogP contribution in [-0.2, 0) is 9.47 Å². The van der Waals surface area contributed by atoms with Gasteiger partial charge in [-0.3, -0.25) is 0 Å². The summed E-state index contributed by atoms with van der Waals surface area (Å²) in [6, 6.07) is 0. The van der Waals surface area contributed by atoms with Gasteiger partial charge in [-0.25, -0.2) is 0 Å². The largest absolute Gasteiger partial charge is 0.381 e. The molecule has 1 N–H and O–H groups in total. The first kappa shape index (κ1) is 50.9. The SMILES string of the molecule is CC(C)(C)C1CC1.CC(C)(C)C1CCC1.CC(C)(C)C1CCCC1.CC(C)(C)C1CCNCC1.CC(C)(C)C1CCOC1.CC(C)(C)C1CCOCC1. The fourth-order valence-corrected chi connectivity index (χ4v) is 8.48. The van der Waals surface area contributed by atoms with Crippen LogP contribution in [0.2, 0.25) is 0 Å². The minimum Gasteiger partial charge on any atom is -0.381 e. The van der Waals surface area contributed by atoms with Gasteiger partial charge in [0.15, 0.2) is 0 Å². The first-order chi connectivity index (χ1) is 24.1. The molecule has 3 saturated heterocycles. The smallest absolute Gasteiger partial charge is 0.0500 e. The Kier molecular flexibility index (Phi) is 21.8. The van der Waals surface area contributed by atoms with E-state index in [1.54, 1.807) is 0 Å². The van der Waals surface area contributed by atoms with E-state index in [-0.39, 0.29) is 0 Å². The molecule has 6 aliphatic rings. The fourth-order valence-electron chi connectivity index (χ4n) is 8.48. The molecule has 53 heavy (non-hydrogen) atoms. The van der Waals surface area contributed by atoms with Crippen molar-refractivity contribution in [3.63, 3.8) is 0 Å². The van der Waals surface area contributed by atoms with Crippen molar-refractivity contribution in [3.05, 3.63) is 0 Å². The van der Waals surface area contributed by atoms with Crippen molar-refractivity contribution in [1.82, 2.24) is 5.32 Å². The highest BCUT2D eigenvalue weighted by molar-refractivity contribution is 4.84. The maximum Gasteiger partial charge on any atom is 0.0500 e. The third kappa shape index (κ3) is 23.0.